The molecule has 14 N–H and O–H groups in total. The van der Waals surface area contributed by atoms with Crippen LogP contribution in [0.2, 0.25) is 0 Å². The smallest absolute Gasteiger partial charge is 0.545 e. The maximum Gasteiger partial charge on any atom is 2.00 e. The summed E-state index contributed by atoms with van der Waals surface area (Å²) in [6.45, 7) is 0. The Morgan fingerprint density at radius 1 is 0.619 bits per heavy atom. The number of carbonyl (C=O) groups is 4. The summed E-state index contributed by atoms with van der Waals surface area (Å²) in [5, 5.41) is 34.5. The minimum Gasteiger partial charge on any atom is -0.545 e. The number of carbonyl (C=O) groups excluding carboxylic acids is 2. The molecule has 0 unspecified atom stereocenters. The van der Waals surface area contributed by atoms with Crippen molar-refractivity contribution in [3.63, 3.8) is 0 Å². The molecule has 0 rings (SSSR count). The van der Waals surface area contributed by atoms with Gasteiger partial charge >= 0.3 is 28.4 Å². The quantitative estimate of drug-likeness (QED) is 0.273. The van der Waals surface area contributed by atoms with Crippen molar-refractivity contribution >= 4 is 23.9 Å². The summed E-state index contributed by atoms with van der Waals surface area (Å²) in [6.07, 6.45) is 1.88. The van der Waals surface area contributed by atoms with Gasteiger partial charge in [0.1, 0.15) is 0 Å². The summed E-state index contributed by atoms with van der Waals surface area (Å²) in [5.74, 6) is -5.61. The van der Waals surface area contributed by atoms with Gasteiger partial charge in [-0.1, -0.05) is 0 Å². The Hall–Kier alpha value is -2.31. The van der Waals surface area contributed by atoms with E-state index in [0.717, 1.165) is 0 Å². The van der Waals surface area contributed by atoms with Crippen LogP contribution >= 0.6 is 0 Å². The van der Waals surface area contributed by atoms with E-state index in [2.05, 4.69) is 0 Å². The second-order valence-electron chi connectivity index (χ2n) is 1.98. The van der Waals surface area contributed by atoms with Gasteiger partial charge in [-0.15, -0.1) is 0 Å². The predicted molar refractivity (Wildman–Crippen MR) is 63.1 cm³/mol. The molecule has 0 fully saturated rings. The van der Waals surface area contributed by atoms with Crippen LogP contribution in [0.15, 0.2) is 24.3 Å². The standard InChI is InChI=1S/2C4H4O4.Ni.4H2O/c2*5-3(6)1-2-4(7)8;;;;;/h2*1-2H,(H,5,6)(H,7,8);;4*1H2/q;;+2;;;;/p+2/b2*2-1-;;;;;. The van der Waals surface area contributed by atoms with Crippen molar-refractivity contribution < 1.29 is 78.0 Å². The largest absolute Gasteiger partial charge is 2.00 e. The Balaban J connectivity index is -0.0000000302. The molecule has 0 atom stereocenters. The molecule has 0 saturated carbocycles. The van der Waals surface area contributed by atoms with Crippen molar-refractivity contribution in [2.24, 2.45) is 0 Å². The van der Waals surface area contributed by atoms with Gasteiger partial charge in [0, 0.05) is 12.2 Å². The van der Waals surface area contributed by atoms with Crippen LogP contribution in [-0.2, 0) is 57.6 Å². The minimum atomic E-state index is -1.51. The summed E-state index contributed by atoms with van der Waals surface area (Å²) in [4.78, 5) is 37.9. The summed E-state index contributed by atoms with van der Waals surface area (Å²) >= 11 is 0. The zero-order chi connectivity index (χ0) is 13.1. The first-order chi connectivity index (χ1) is 7.25. The fraction of sp³-hybridized carbons (Fsp3) is 0. The number of aliphatic carboxylic acids is 4. The SMILES string of the molecule is O=C([O-])/C=C\C(=O)O.O=C([O-])/C=C\C(=O)O.[Ni+2].[OH3+].[OH3+].[OH3+].[OH3+]. The predicted octanol–water partition coefficient (Wildman–Crippen LogP) is -6.94. The van der Waals surface area contributed by atoms with Crippen LogP contribution in [-0.4, -0.2) is 34.1 Å². The molecule has 0 aromatic heterocycles. The van der Waals surface area contributed by atoms with Gasteiger partial charge in [0.15, 0.2) is 0 Å². The first-order valence-electron chi connectivity index (χ1n) is 3.49. The zero-order valence-electron chi connectivity index (χ0n) is 10.3. The molecule has 0 aliphatic carbocycles. The van der Waals surface area contributed by atoms with E-state index in [-0.39, 0.29) is 38.4 Å². The number of rotatable bonds is 4. The zero-order valence-corrected chi connectivity index (χ0v) is 11.3. The van der Waals surface area contributed by atoms with Gasteiger partial charge in [0.2, 0.25) is 0 Å². The monoisotopic (exact) mass is 364 g/mol. The summed E-state index contributed by atoms with van der Waals surface area (Å²) < 4.78 is 0. The first-order valence-corrected chi connectivity index (χ1v) is 3.49. The van der Waals surface area contributed by atoms with Crippen LogP contribution in [0.5, 0.6) is 0 Å². The van der Waals surface area contributed by atoms with E-state index in [4.69, 9.17) is 10.2 Å². The summed E-state index contributed by atoms with van der Waals surface area (Å²) in [5.41, 5.74) is 0. The summed E-state index contributed by atoms with van der Waals surface area (Å²) in [7, 11) is 0. The van der Waals surface area contributed by atoms with Crippen molar-refractivity contribution in [1.82, 2.24) is 0 Å². The van der Waals surface area contributed by atoms with E-state index in [0.29, 0.717) is 24.3 Å². The molecule has 13 heteroatoms. The topological polar surface area (TPSA) is 287 Å². The van der Waals surface area contributed by atoms with Gasteiger partial charge < -0.3 is 51.9 Å². The van der Waals surface area contributed by atoms with Crippen molar-refractivity contribution in [2.75, 3.05) is 0 Å². The van der Waals surface area contributed by atoms with Crippen LogP contribution in [0, 0.1) is 0 Å². The molecule has 128 valence electrons. The number of carboxylic acids is 4. The fourth-order valence-corrected chi connectivity index (χ4v) is 0.279. The van der Waals surface area contributed by atoms with Crippen molar-refractivity contribution in [3.05, 3.63) is 24.3 Å². The van der Waals surface area contributed by atoms with Crippen molar-refractivity contribution in [2.45, 2.75) is 0 Å². The molecular formula is C8H18NiO12+4. The molecule has 21 heavy (non-hydrogen) atoms. The van der Waals surface area contributed by atoms with E-state index >= 15 is 0 Å². The second-order valence-corrected chi connectivity index (χ2v) is 1.98. The fourth-order valence-electron chi connectivity index (χ4n) is 0.279. The Morgan fingerprint density at radius 2 is 0.810 bits per heavy atom. The molecule has 0 aliphatic rings. The number of carboxylic acid groups (broad SMARTS) is 4. The third kappa shape index (κ3) is 73.6. The normalized spacial score (nSPS) is 7.24. The van der Waals surface area contributed by atoms with Crippen LogP contribution < -0.4 is 10.2 Å². The molecule has 0 spiro atoms. The maximum absolute atomic E-state index is 9.53. The van der Waals surface area contributed by atoms with Crippen molar-refractivity contribution in [1.29, 1.82) is 0 Å². The Bertz CT molecular complexity index is 281. The number of hydrogen-bond acceptors (Lipinski definition) is 6. The van der Waals surface area contributed by atoms with E-state index in [1.807, 2.05) is 0 Å². The van der Waals surface area contributed by atoms with Gasteiger partial charge in [-0.25, -0.2) is 9.59 Å². The van der Waals surface area contributed by atoms with Gasteiger partial charge in [-0.3, -0.25) is 0 Å². The van der Waals surface area contributed by atoms with Crippen LogP contribution in [0.1, 0.15) is 0 Å². The van der Waals surface area contributed by atoms with Gasteiger partial charge in [0.05, 0.1) is 11.9 Å². The average Bonchev–Trinajstić information content (AvgIpc) is 2.12. The van der Waals surface area contributed by atoms with E-state index < -0.39 is 23.9 Å². The van der Waals surface area contributed by atoms with Crippen LogP contribution in [0.4, 0.5) is 0 Å². The molecule has 0 aromatic carbocycles. The number of hydrogen-bond donors (Lipinski definition) is 2. The molecular weight excluding hydrogens is 347 g/mol. The molecule has 12 nitrogen and oxygen atoms in total. The molecule has 0 aliphatic heterocycles. The van der Waals surface area contributed by atoms with Crippen molar-refractivity contribution in [3.8, 4) is 0 Å². The van der Waals surface area contributed by atoms with Gasteiger partial charge in [-0.05, 0) is 12.2 Å². The Morgan fingerprint density at radius 3 is 0.857 bits per heavy atom. The van der Waals surface area contributed by atoms with E-state index in [1.165, 1.54) is 0 Å². The molecule has 0 aromatic rings. The van der Waals surface area contributed by atoms with Gasteiger partial charge in [0.25, 0.3) is 0 Å². The molecule has 0 radical (unpaired) electrons. The molecule has 0 heterocycles. The minimum absolute atomic E-state index is 0. The molecule has 0 amide bonds. The Labute approximate surface area is 127 Å². The van der Waals surface area contributed by atoms with Crippen LogP contribution in [0.25, 0.3) is 0 Å². The maximum atomic E-state index is 9.53. The average molecular weight is 365 g/mol. The molecule has 0 bridgehead atoms. The van der Waals surface area contributed by atoms with Crippen LogP contribution in [0.3, 0.4) is 0 Å². The van der Waals surface area contributed by atoms with E-state index in [9.17, 15) is 29.4 Å². The first kappa shape index (κ1) is 42.8. The molecule has 0 saturated heterocycles. The summed E-state index contributed by atoms with van der Waals surface area (Å²) in [6, 6.07) is 0. The third-order valence-corrected chi connectivity index (χ3v) is 0.724. The van der Waals surface area contributed by atoms with E-state index in [1.54, 1.807) is 0 Å². The second kappa shape index (κ2) is 26.3. The Kier molecular flexibility index (Phi) is 53.6. The third-order valence-electron chi connectivity index (χ3n) is 0.724. The van der Waals surface area contributed by atoms with Gasteiger partial charge in [-0.2, -0.15) is 0 Å².